The second kappa shape index (κ2) is 5.81. The van der Waals surface area contributed by atoms with E-state index in [9.17, 15) is 14.7 Å². The van der Waals surface area contributed by atoms with Gasteiger partial charge in [-0.05, 0) is 45.4 Å². The quantitative estimate of drug-likeness (QED) is 0.791. The highest BCUT2D eigenvalue weighted by atomic mass is 16.6. The molecule has 1 atom stereocenters. The fourth-order valence-corrected chi connectivity index (χ4v) is 1.56. The molecule has 0 radical (unpaired) electrons. The standard InChI is InChI=1S/C14H19NO5/c1-8(15-13(19)20-14(2,3)4)9-5-6-11(16)10(7-9)12(17)18/h5-8,16H,1-4H3,(H,15,19)(H,17,18). The first kappa shape index (κ1) is 15.8. The van der Waals surface area contributed by atoms with E-state index in [1.54, 1.807) is 33.8 Å². The molecule has 0 saturated carbocycles. The predicted octanol–water partition coefficient (Wildman–Crippen LogP) is 2.68. The minimum Gasteiger partial charge on any atom is -0.507 e. The first-order chi connectivity index (χ1) is 9.10. The highest BCUT2D eigenvalue weighted by Gasteiger charge is 2.19. The Kier molecular flexibility index (Phi) is 4.60. The van der Waals surface area contributed by atoms with Crippen molar-refractivity contribution in [2.24, 2.45) is 0 Å². The van der Waals surface area contributed by atoms with Gasteiger partial charge in [0.1, 0.15) is 16.9 Å². The van der Waals surface area contributed by atoms with E-state index in [1.165, 1.54) is 12.1 Å². The third kappa shape index (κ3) is 4.46. The molecule has 0 aromatic heterocycles. The maximum atomic E-state index is 11.6. The van der Waals surface area contributed by atoms with E-state index in [-0.39, 0.29) is 11.3 Å². The number of hydrogen-bond donors (Lipinski definition) is 3. The van der Waals surface area contributed by atoms with Gasteiger partial charge in [-0.25, -0.2) is 9.59 Å². The molecule has 0 aliphatic carbocycles. The summed E-state index contributed by atoms with van der Waals surface area (Å²) in [4.78, 5) is 22.6. The topological polar surface area (TPSA) is 95.9 Å². The van der Waals surface area contributed by atoms with E-state index in [0.717, 1.165) is 0 Å². The predicted molar refractivity (Wildman–Crippen MR) is 72.9 cm³/mol. The normalized spacial score (nSPS) is 12.6. The molecular weight excluding hydrogens is 262 g/mol. The lowest BCUT2D eigenvalue weighted by Crippen LogP contribution is -2.34. The SMILES string of the molecule is CC(NC(=O)OC(C)(C)C)c1ccc(O)c(C(=O)O)c1. The summed E-state index contributed by atoms with van der Waals surface area (Å²) >= 11 is 0. The monoisotopic (exact) mass is 281 g/mol. The van der Waals surface area contributed by atoms with Gasteiger partial charge in [0.05, 0.1) is 6.04 Å². The molecule has 0 fully saturated rings. The maximum absolute atomic E-state index is 11.6. The summed E-state index contributed by atoms with van der Waals surface area (Å²) in [5, 5.41) is 21.0. The van der Waals surface area contributed by atoms with Gasteiger partial charge >= 0.3 is 12.1 Å². The first-order valence-corrected chi connectivity index (χ1v) is 6.16. The van der Waals surface area contributed by atoms with Crippen LogP contribution < -0.4 is 5.32 Å². The van der Waals surface area contributed by atoms with Crippen LogP contribution in [0.1, 0.15) is 49.7 Å². The van der Waals surface area contributed by atoms with Crippen molar-refractivity contribution in [3.05, 3.63) is 29.3 Å². The van der Waals surface area contributed by atoms with Crippen LogP contribution in [0.3, 0.4) is 0 Å². The number of amides is 1. The van der Waals surface area contributed by atoms with Crippen molar-refractivity contribution < 1.29 is 24.5 Å². The molecule has 3 N–H and O–H groups in total. The molecule has 0 aliphatic heterocycles. The molecule has 110 valence electrons. The second-order valence-electron chi connectivity index (χ2n) is 5.45. The molecule has 1 aromatic carbocycles. The summed E-state index contributed by atoms with van der Waals surface area (Å²) in [6.07, 6.45) is -0.588. The van der Waals surface area contributed by atoms with Crippen LogP contribution in [0.5, 0.6) is 5.75 Å². The zero-order valence-electron chi connectivity index (χ0n) is 11.9. The van der Waals surface area contributed by atoms with Crippen molar-refractivity contribution in [1.82, 2.24) is 5.32 Å². The van der Waals surface area contributed by atoms with Crippen LogP contribution in [0, 0.1) is 0 Å². The molecule has 6 nitrogen and oxygen atoms in total. The Labute approximate surface area is 117 Å². The summed E-state index contributed by atoms with van der Waals surface area (Å²) in [5.74, 6) is -1.54. The van der Waals surface area contributed by atoms with Crippen molar-refractivity contribution >= 4 is 12.1 Å². The Morgan fingerprint density at radius 1 is 1.30 bits per heavy atom. The van der Waals surface area contributed by atoms with Gasteiger partial charge in [-0.15, -0.1) is 0 Å². The number of carboxylic acid groups (broad SMARTS) is 1. The highest BCUT2D eigenvalue weighted by Crippen LogP contribution is 2.22. The van der Waals surface area contributed by atoms with Crippen LogP contribution in [0.25, 0.3) is 0 Å². The third-order valence-corrected chi connectivity index (χ3v) is 2.48. The highest BCUT2D eigenvalue weighted by molar-refractivity contribution is 5.91. The number of carboxylic acids is 1. The van der Waals surface area contributed by atoms with Gasteiger partial charge in [0, 0.05) is 0 Å². The Bertz CT molecular complexity index is 519. The molecule has 6 heteroatoms. The average molecular weight is 281 g/mol. The summed E-state index contributed by atoms with van der Waals surface area (Å²) < 4.78 is 5.12. The molecule has 1 unspecified atom stereocenters. The van der Waals surface area contributed by atoms with Gasteiger partial charge in [-0.1, -0.05) is 6.07 Å². The van der Waals surface area contributed by atoms with Crippen LogP contribution in [-0.2, 0) is 4.74 Å². The van der Waals surface area contributed by atoms with Gasteiger partial charge in [0.2, 0.25) is 0 Å². The molecule has 0 heterocycles. The van der Waals surface area contributed by atoms with E-state index in [1.807, 2.05) is 0 Å². The third-order valence-electron chi connectivity index (χ3n) is 2.48. The summed E-state index contributed by atoms with van der Waals surface area (Å²) in [5.41, 5.74) is -0.253. The van der Waals surface area contributed by atoms with Crippen molar-refractivity contribution in [2.75, 3.05) is 0 Å². The van der Waals surface area contributed by atoms with Crippen LogP contribution in [0.15, 0.2) is 18.2 Å². The molecule has 0 aliphatic rings. The zero-order chi connectivity index (χ0) is 15.5. The van der Waals surface area contributed by atoms with E-state index in [0.29, 0.717) is 5.56 Å². The van der Waals surface area contributed by atoms with E-state index in [2.05, 4.69) is 5.32 Å². The van der Waals surface area contributed by atoms with Gasteiger partial charge in [0.25, 0.3) is 0 Å². The number of carbonyl (C=O) groups is 2. The largest absolute Gasteiger partial charge is 0.507 e. The van der Waals surface area contributed by atoms with Gasteiger partial charge < -0.3 is 20.3 Å². The number of carbonyl (C=O) groups excluding carboxylic acids is 1. The minimum atomic E-state index is -1.23. The van der Waals surface area contributed by atoms with Crippen molar-refractivity contribution in [1.29, 1.82) is 0 Å². The molecule has 0 bridgehead atoms. The number of alkyl carbamates (subject to hydrolysis) is 1. The molecule has 20 heavy (non-hydrogen) atoms. The fourth-order valence-electron chi connectivity index (χ4n) is 1.56. The maximum Gasteiger partial charge on any atom is 0.408 e. The molecule has 1 rings (SSSR count). The number of aromatic hydroxyl groups is 1. The van der Waals surface area contributed by atoms with Crippen LogP contribution >= 0.6 is 0 Å². The average Bonchev–Trinajstić information content (AvgIpc) is 2.26. The lowest BCUT2D eigenvalue weighted by molar-refractivity contribution is 0.0507. The zero-order valence-corrected chi connectivity index (χ0v) is 11.9. The van der Waals surface area contributed by atoms with Gasteiger partial charge in [-0.3, -0.25) is 0 Å². The molecule has 0 spiro atoms. The first-order valence-electron chi connectivity index (χ1n) is 6.16. The number of ether oxygens (including phenoxy) is 1. The molecule has 0 saturated heterocycles. The molecular formula is C14H19NO5. The smallest absolute Gasteiger partial charge is 0.408 e. The minimum absolute atomic E-state index is 0.208. The van der Waals surface area contributed by atoms with Gasteiger partial charge in [-0.2, -0.15) is 0 Å². The number of rotatable bonds is 3. The fraction of sp³-hybridized carbons (Fsp3) is 0.429. The second-order valence-corrected chi connectivity index (χ2v) is 5.45. The number of phenols is 1. The van der Waals surface area contributed by atoms with E-state index < -0.39 is 23.7 Å². The van der Waals surface area contributed by atoms with Crippen molar-refractivity contribution in [2.45, 2.75) is 39.3 Å². The van der Waals surface area contributed by atoms with Gasteiger partial charge in [0.15, 0.2) is 0 Å². The summed E-state index contributed by atoms with van der Waals surface area (Å²) in [7, 11) is 0. The Hall–Kier alpha value is -2.24. The van der Waals surface area contributed by atoms with Crippen molar-refractivity contribution in [3.8, 4) is 5.75 Å². The van der Waals surface area contributed by atoms with E-state index >= 15 is 0 Å². The Morgan fingerprint density at radius 2 is 1.90 bits per heavy atom. The van der Waals surface area contributed by atoms with E-state index in [4.69, 9.17) is 9.84 Å². The Morgan fingerprint density at radius 3 is 2.40 bits per heavy atom. The summed E-state index contributed by atoms with van der Waals surface area (Å²) in [6, 6.07) is 3.71. The Balaban J connectivity index is 2.83. The number of nitrogens with one attached hydrogen (secondary N) is 1. The number of hydrogen-bond acceptors (Lipinski definition) is 4. The molecule has 1 amide bonds. The molecule has 1 aromatic rings. The summed E-state index contributed by atoms with van der Waals surface area (Å²) in [6.45, 7) is 6.95. The lowest BCUT2D eigenvalue weighted by atomic mass is 10.0. The lowest BCUT2D eigenvalue weighted by Gasteiger charge is -2.22. The van der Waals surface area contributed by atoms with Crippen LogP contribution in [0.2, 0.25) is 0 Å². The number of benzene rings is 1. The van der Waals surface area contributed by atoms with Crippen LogP contribution in [0.4, 0.5) is 4.79 Å². The number of aromatic carboxylic acids is 1. The van der Waals surface area contributed by atoms with Crippen molar-refractivity contribution in [3.63, 3.8) is 0 Å². The van der Waals surface area contributed by atoms with Crippen LogP contribution in [-0.4, -0.2) is 27.9 Å².